The molecule has 0 radical (unpaired) electrons. The lowest BCUT2D eigenvalue weighted by Crippen LogP contribution is -2.37. The van der Waals surface area contributed by atoms with Gasteiger partial charge in [-0.3, -0.25) is 9.78 Å². The van der Waals surface area contributed by atoms with Gasteiger partial charge in [-0.1, -0.05) is 30.3 Å². The highest BCUT2D eigenvalue weighted by molar-refractivity contribution is 7.92. The summed E-state index contributed by atoms with van der Waals surface area (Å²) in [4.78, 5) is 44.5. The zero-order chi connectivity index (χ0) is 28.7. The fraction of sp³-hybridized carbons (Fsp3) is 0.231. The van der Waals surface area contributed by atoms with Gasteiger partial charge in [0, 0.05) is 12.7 Å². The molecule has 0 bridgehead atoms. The molecule has 2 N–H and O–H groups in total. The van der Waals surface area contributed by atoms with Gasteiger partial charge in [0.25, 0.3) is 15.7 Å². The molecule has 3 aromatic rings. The predicted octanol–water partition coefficient (Wildman–Crippen LogP) is 4.20. The van der Waals surface area contributed by atoms with Crippen molar-refractivity contribution >= 4 is 39.2 Å². The Morgan fingerprint density at radius 3 is 2.30 bits per heavy atom. The maximum absolute atomic E-state index is 13.4. The number of nitrogens with zero attached hydrogens (tertiary/aromatic N) is 3. The molecule has 1 saturated heterocycles. The lowest BCUT2D eigenvalue weighted by atomic mass is 10.1. The van der Waals surface area contributed by atoms with Crippen LogP contribution in [0.5, 0.6) is 0 Å². The summed E-state index contributed by atoms with van der Waals surface area (Å²) in [5, 5.41) is 5.44. The number of imide groups is 1. The van der Waals surface area contributed by atoms with Crippen LogP contribution in [0.3, 0.4) is 0 Å². The van der Waals surface area contributed by atoms with Gasteiger partial charge in [0.2, 0.25) is 0 Å². The minimum absolute atomic E-state index is 0.0571. The smallest absolute Gasteiger partial charge is 0.334 e. The summed E-state index contributed by atoms with van der Waals surface area (Å²) in [6, 6.07) is 13.0. The maximum atomic E-state index is 13.4. The largest absolute Gasteiger partial charge is 0.501 e. The molecule has 5 rings (SSSR count). The number of urea groups is 2. The number of benzene rings is 2. The van der Waals surface area contributed by atoms with Crippen LogP contribution in [0, 0.1) is 0 Å². The lowest BCUT2D eigenvalue weighted by molar-refractivity contribution is -0.120. The third-order valence-electron chi connectivity index (χ3n) is 6.76. The summed E-state index contributed by atoms with van der Waals surface area (Å²) < 4.78 is 62.1. The molecular weight excluding hydrogens is 551 g/mol. The molecule has 2 fully saturated rings. The number of anilines is 2. The molecule has 1 aromatic heterocycles. The molecular formula is C26H22F3N5O5S. The van der Waals surface area contributed by atoms with Crippen molar-refractivity contribution in [2.75, 3.05) is 10.2 Å². The zero-order valence-electron chi connectivity index (χ0n) is 20.7. The zero-order valence-corrected chi connectivity index (χ0v) is 21.5. The number of carbonyl (C=O) groups is 3. The van der Waals surface area contributed by atoms with Gasteiger partial charge in [-0.15, -0.1) is 0 Å². The topological polar surface area (TPSA) is 129 Å². The summed E-state index contributed by atoms with van der Waals surface area (Å²) in [5.41, 5.74) is -4.96. The van der Waals surface area contributed by atoms with E-state index in [0.29, 0.717) is 36.2 Å². The minimum atomic E-state index is -5.58. The third-order valence-corrected chi connectivity index (χ3v) is 8.26. The molecule has 208 valence electrons. The average molecular weight is 574 g/mol. The van der Waals surface area contributed by atoms with E-state index in [4.69, 9.17) is 0 Å². The SMILES string of the molecule is O=C(NCc1ccccc1)Nc1cnccc1CN1C(=O)N(c2ccc(S(=O)(=O)C(F)(F)F)cc2)C(=O)C12CC2. The minimum Gasteiger partial charge on any atom is -0.334 e. The maximum Gasteiger partial charge on any atom is 0.501 e. The molecule has 0 unspecified atom stereocenters. The number of amides is 5. The number of aromatic nitrogens is 1. The van der Waals surface area contributed by atoms with Crippen LogP contribution < -0.4 is 15.5 Å². The standard InChI is InChI=1S/C26H22F3N5O5S/c27-26(28,29)40(38,39)20-8-6-19(7-9-20)34-22(35)25(11-12-25)33(24(34)37)16-18-10-13-30-15-21(18)32-23(36)31-14-17-4-2-1-3-5-17/h1-10,13,15H,11-12,14,16H2,(H2,31,32,36). The molecule has 1 saturated carbocycles. The molecule has 1 aliphatic carbocycles. The van der Waals surface area contributed by atoms with Crippen molar-refractivity contribution in [1.82, 2.24) is 15.2 Å². The van der Waals surface area contributed by atoms with Crippen LogP contribution in [0.4, 0.5) is 34.1 Å². The molecule has 2 aromatic carbocycles. The number of nitrogens with one attached hydrogen (secondary N) is 2. The Kier molecular flexibility index (Phi) is 6.74. The lowest BCUT2D eigenvalue weighted by Gasteiger charge is -2.23. The molecule has 14 heteroatoms. The van der Waals surface area contributed by atoms with E-state index in [1.54, 1.807) is 6.07 Å². The van der Waals surface area contributed by atoms with Crippen molar-refractivity contribution in [3.63, 3.8) is 0 Å². The highest BCUT2D eigenvalue weighted by atomic mass is 32.2. The summed E-state index contributed by atoms with van der Waals surface area (Å²) in [6.45, 7) is 0.223. The first-order valence-electron chi connectivity index (χ1n) is 12.0. The molecule has 2 aliphatic rings. The van der Waals surface area contributed by atoms with Gasteiger partial charge in [-0.25, -0.2) is 22.9 Å². The number of hydrogen-bond acceptors (Lipinski definition) is 6. The van der Waals surface area contributed by atoms with Crippen LogP contribution >= 0.6 is 0 Å². The van der Waals surface area contributed by atoms with E-state index in [1.165, 1.54) is 17.3 Å². The normalized spacial score (nSPS) is 16.4. The quantitative estimate of drug-likeness (QED) is 0.408. The van der Waals surface area contributed by atoms with Crippen molar-refractivity contribution in [1.29, 1.82) is 0 Å². The number of halogens is 3. The van der Waals surface area contributed by atoms with E-state index in [0.717, 1.165) is 22.6 Å². The summed E-state index contributed by atoms with van der Waals surface area (Å²) in [7, 11) is -5.58. The second-order valence-corrected chi connectivity index (χ2v) is 11.3. The first-order valence-corrected chi connectivity index (χ1v) is 13.5. The number of sulfone groups is 1. The van der Waals surface area contributed by atoms with Gasteiger partial charge >= 0.3 is 17.6 Å². The van der Waals surface area contributed by atoms with Crippen molar-refractivity contribution in [2.24, 2.45) is 0 Å². The van der Waals surface area contributed by atoms with E-state index in [-0.39, 0.29) is 18.8 Å². The third kappa shape index (κ3) is 4.85. The van der Waals surface area contributed by atoms with Crippen LogP contribution in [0.25, 0.3) is 0 Å². The van der Waals surface area contributed by atoms with Crippen LogP contribution in [0.2, 0.25) is 0 Å². The number of alkyl halides is 3. The Hall–Kier alpha value is -4.46. The van der Waals surface area contributed by atoms with Crippen molar-refractivity contribution in [3.8, 4) is 0 Å². The second kappa shape index (κ2) is 9.93. The fourth-order valence-corrected chi connectivity index (χ4v) is 5.22. The van der Waals surface area contributed by atoms with E-state index < -0.39 is 43.7 Å². The first-order chi connectivity index (χ1) is 18.9. The number of carbonyl (C=O) groups excluding carboxylic acids is 3. The van der Waals surface area contributed by atoms with Crippen LogP contribution in [-0.2, 0) is 27.7 Å². The molecule has 2 heterocycles. The Bertz CT molecular complexity index is 1580. The van der Waals surface area contributed by atoms with Crippen molar-refractivity contribution in [3.05, 3.63) is 84.2 Å². The molecule has 10 nitrogen and oxygen atoms in total. The summed E-state index contributed by atoms with van der Waals surface area (Å²) >= 11 is 0. The molecule has 1 aliphatic heterocycles. The molecule has 1 spiro atoms. The summed E-state index contributed by atoms with van der Waals surface area (Å²) in [5.74, 6) is -0.562. The highest BCUT2D eigenvalue weighted by Crippen LogP contribution is 2.50. The monoisotopic (exact) mass is 573 g/mol. The fourth-order valence-electron chi connectivity index (χ4n) is 4.46. The van der Waals surface area contributed by atoms with Gasteiger partial charge in [0.15, 0.2) is 0 Å². The Morgan fingerprint density at radius 2 is 1.68 bits per heavy atom. The Labute approximate surface area is 226 Å². The molecule has 5 amide bonds. The number of rotatable bonds is 7. The van der Waals surface area contributed by atoms with Gasteiger partial charge in [-0.05, 0) is 54.3 Å². The van der Waals surface area contributed by atoms with Crippen LogP contribution in [-0.4, -0.2) is 47.3 Å². The molecule has 0 atom stereocenters. The second-order valence-electron chi connectivity index (χ2n) is 9.31. The van der Waals surface area contributed by atoms with Gasteiger partial charge in [-0.2, -0.15) is 13.2 Å². The predicted molar refractivity (Wildman–Crippen MR) is 137 cm³/mol. The van der Waals surface area contributed by atoms with E-state index in [1.807, 2.05) is 30.3 Å². The average Bonchev–Trinajstić information content (AvgIpc) is 3.70. The number of pyridine rings is 1. The Morgan fingerprint density at radius 1 is 1.00 bits per heavy atom. The van der Waals surface area contributed by atoms with Crippen LogP contribution in [0.1, 0.15) is 24.0 Å². The Balaban J connectivity index is 1.33. The first kappa shape index (κ1) is 27.1. The van der Waals surface area contributed by atoms with Gasteiger partial charge < -0.3 is 15.5 Å². The van der Waals surface area contributed by atoms with Crippen molar-refractivity contribution in [2.45, 2.75) is 41.9 Å². The molecule has 40 heavy (non-hydrogen) atoms. The van der Waals surface area contributed by atoms with E-state index in [9.17, 15) is 36.0 Å². The highest BCUT2D eigenvalue weighted by Gasteiger charge is 2.65. The summed E-state index contributed by atoms with van der Waals surface area (Å²) in [6.07, 6.45) is 3.64. The van der Waals surface area contributed by atoms with Crippen molar-refractivity contribution < 1.29 is 36.0 Å². The van der Waals surface area contributed by atoms with E-state index in [2.05, 4.69) is 15.6 Å². The van der Waals surface area contributed by atoms with Gasteiger partial charge in [0.05, 0.1) is 29.0 Å². The van der Waals surface area contributed by atoms with E-state index >= 15 is 0 Å². The number of hydrogen-bond donors (Lipinski definition) is 2. The van der Waals surface area contributed by atoms with Crippen LogP contribution in [0.15, 0.2) is 78.0 Å². The van der Waals surface area contributed by atoms with Gasteiger partial charge in [0.1, 0.15) is 5.54 Å².